The highest BCUT2D eigenvalue weighted by atomic mass is 32.2. The molecule has 0 aliphatic rings. The number of amidine groups is 1. The van der Waals surface area contributed by atoms with E-state index in [2.05, 4.69) is 5.16 Å². The van der Waals surface area contributed by atoms with E-state index < -0.39 is 0 Å². The molecule has 0 aromatic heterocycles. The molecule has 1 aromatic carbocycles. The molecule has 3 nitrogen and oxygen atoms in total. The first-order valence-electron chi connectivity index (χ1n) is 4.06. The SMILES string of the molecule is CSc1ccc(/C=C/C(N)=NO)cc1. The van der Waals surface area contributed by atoms with Crippen LogP contribution in [0.2, 0.25) is 0 Å². The molecule has 0 saturated carbocycles. The zero-order chi connectivity index (χ0) is 10.4. The lowest BCUT2D eigenvalue weighted by Crippen LogP contribution is -2.06. The van der Waals surface area contributed by atoms with Gasteiger partial charge in [-0.25, -0.2) is 0 Å². The molecule has 0 aliphatic heterocycles. The summed E-state index contributed by atoms with van der Waals surface area (Å²) in [6, 6.07) is 8.01. The molecule has 0 radical (unpaired) electrons. The molecule has 1 aromatic rings. The average molecular weight is 208 g/mol. The zero-order valence-electron chi connectivity index (χ0n) is 7.84. The van der Waals surface area contributed by atoms with E-state index in [1.807, 2.05) is 30.5 Å². The third-order valence-electron chi connectivity index (χ3n) is 1.68. The van der Waals surface area contributed by atoms with E-state index in [0.29, 0.717) is 0 Å². The lowest BCUT2D eigenvalue weighted by molar-refractivity contribution is 0.319. The van der Waals surface area contributed by atoms with Crippen molar-refractivity contribution >= 4 is 23.7 Å². The van der Waals surface area contributed by atoms with Gasteiger partial charge in [-0.15, -0.1) is 11.8 Å². The lowest BCUT2D eigenvalue weighted by atomic mass is 10.2. The van der Waals surface area contributed by atoms with Crippen molar-refractivity contribution in [3.63, 3.8) is 0 Å². The van der Waals surface area contributed by atoms with E-state index in [1.54, 1.807) is 23.9 Å². The van der Waals surface area contributed by atoms with Gasteiger partial charge in [-0.05, 0) is 30.0 Å². The summed E-state index contributed by atoms with van der Waals surface area (Å²) in [6.07, 6.45) is 5.37. The Balaban J connectivity index is 2.73. The van der Waals surface area contributed by atoms with Gasteiger partial charge in [0.15, 0.2) is 5.84 Å². The van der Waals surface area contributed by atoms with Crippen LogP contribution >= 0.6 is 11.8 Å². The number of hydrogen-bond acceptors (Lipinski definition) is 3. The first-order valence-corrected chi connectivity index (χ1v) is 5.28. The molecule has 14 heavy (non-hydrogen) atoms. The minimum Gasteiger partial charge on any atom is -0.409 e. The maximum absolute atomic E-state index is 8.30. The Bertz CT molecular complexity index is 344. The molecular formula is C10H12N2OS. The van der Waals surface area contributed by atoms with Gasteiger partial charge >= 0.3 is 0 Å². The van der Waals surface area contributed by atoms with Crippen LogP contribution in [-0.4, -0.2) is 17.3 Å². The van der Waals surface area contributed by atoms with Crippen LogP contribution in [0.1, 0.15) is 5.56 Å². The van der Waals surface area contributed by atoms with E-state index in [0.717, 1.165) is 5.56 Å². The van der Waals surface area contributed by atoms with Crippen molar-refractivity contribution in [1.29, 1.82) is 0 Å². The smallest absolute Gasteiger partial charge is 0.162 e. The van der Waals surface area contributed by atoms with Gasteiger partial charge in [0.1, 0.15) is 0 Å². The highest BCUT2D eigenvalue weighted by Crippen LogP contribution is 2.15. The van der Waals surface area contributed by atoms with Crippen molar-refractivity contribution in [3.8, 4) is 0 Å². The minimum absolute atomic E-state index is 0.0962. The van der Waals surface area contributed by atoms with Crippen LogP contribution in [0.15, 0.2) is 40.4 Å². The average Bonchev–Trinajstić information content (AvgIpc) is 2.26. The summed E-state index contributed by atoms with van der Waals surface area (Å²) < 4.78 is 0. The second-order valence-corrected chi connectivity index (χ2v) is 3.51. The van der Waals surface area contributed by atoms with E-state index in [1.165, 1.54) is 4.90 Å². The first kappa shape index (κ1) is 10.7. The van der Waals surface area contributed by atoms with Crippen LogP contribution in [-0.2, 0) is 0 Å². The van der Waals surface area contributed by atoms with E-state index in [9.17, 15) is 0 Å². The zero-order valence-corrected chi connectivity index (χ0v) is 8.66. The number of oxime groups is 1. The molecule has 0 aliphatic carbocycles. The van der Waals surface area contributed by atoms with Crippen LogP contribution in [0.4, 0.5) is 0 Å². The molecule has 0 heterocycles. The van der Waals surface area contributed by atoms with Gasteiger partial charge in [0.25, 0.3) is 0 Å². The van der Waals surface area contributed by atoms with Gasteiger partial charge in [-0.3, -0.25) is 0 Å². The van der Waals surface area contributed by atoms with Gasteiger partial charge in [0, 0.05) is 4.90 Å². The van der Waals surface area contributed by atoms with Gasteiger partial charge < -0.3 is 10.9 Å². The molecule has 0 fully saturated rings. The molecule has 0 bridgehead atoms. The number of nitrogens with zero attached hydrogens (tertiary/aromatic N) is 1. The Labute approximate surface area is 87.3 Å². The second kappa shape index (κ2) is 5.34. The summed E-state index contributed by atoms with van der Waals surface area (Å²) >= 11 is 1.69. The molecule has 0 amide bonds. The maximum atomic E-state index is 8.30. The van der Waals surface area contributed by atoms with Crippen LogP contribution < -0.4 is 5.73 Å². The monoisotopic (exact) mass is 208 g/mol. The van der Waals surface area contributed by atoms with Crippen LogP contribution in [0, 0.1) is 0 Å². The highest BCUT2D eigenvalue weighted by Gasteiger charge is 1.90. The van der Waals surface area contributed by atoms with Crippen molar-refractivity contribution in [3.05, 3.63) is 35.9 Å². The molecule has 0 spiro atoms. The van der Waals surface area contributed by atoms with Crippen molar-refractivity contribution < 1.29 is 5.21 Å². The largest absolute Gasteiger partial charge is 0.409 e. The quantitative estimate of drug-likeness (QED) is 0.263. The third-order valence-corrected chi connectivity index (χ3v) is 2.42. The van der Waals surface area contributed by atoms with Gasteiger partial charge in [0.2, 0.25) is 0 Å². The molecule has 0 unspecified atom stereocenters. The first-order chi connectivity index (χ1) is 6.76. The van der Waals surface area contributed by atoms with Crippen LogP contribution in [0.5, 0.6) is 0 Å². The number of thioether (sulfide) groups is 1. The van der Waals surface area contributed by atoms with E-state index in [-0.39, 0.29) is 5.84 Å². The minimum atomic E-state index is 0.0962. The number of hydrogen-bond donors (Lipinski definition) is 2. The number of nitrogens with two attached hydrogens (primary N) is 1. The summed E-state index contributed by atoms with van der Waals surface area (Å²) in [6.45, 7) is 0. The van der Waals surface area contributed by atoms with Crippen LogP contribution in [0.3, 0.4) is 0 Å². The molecule has 4 heteroatoms. The Morgan fingerprint density at radius 2 is 2.07 bits per heavy atom. The van der Waals surface area contributed by atoms with E-state index in [4.69, 9.17) is 10.9 Å². The van der Waals surface area contributed by atoms with Crippen LogP contribution in [0.25, 0.3) is 6.08 Å². The Hall–Kier alpha value is -1.42. The molecule has 0 saturated heterocycles. The standard InChI is InChI=1S/C10H12N2OS/c1-14-9-5-2-8(3-6-9)4-7-10(11)12-13/h2-7,13H,1H3,(H2,11,12)/b7-4+. The molecule has 1 rings (SSSR count). The maximum Gasteiger partial charge on any atom is 0.162 e. The van der Waals surface area contributed by atoms with Gasteiger partial charge in [-0.1, -0.05) is 23.4 Å². The van der Waals surface area contributed by atoms with Crippen molar-refractivity contribution in [1.82, 2.24) is 0 Å². The summed E-state index contributed by atoms with van der Waals surface area (Å²) in [5.41, 5.74) is 6.31. The van der Waals surface area contributed by atoms with Gasteiger partial charge in [-0.2, -0.15) is 0 Å². The predicted molar refractivity (Wildman–Crippen MR) is 60.7 cm³/mol. The Kier molecular flexibility index (Phi) is 4.07. The Morgan fingerprint density at radius 3 is 2.57 bits per heavy atom. The summed E-state index contributed by atoms with van der Waals surface area (Å²) in [5, 5.41) is 11.1. The molecular weight excluding hydrogens is 196 g/mol. The predicted octanol–water partition coefficient (Wildman–Crippen LogP) is 2.17. The fourth-order valence-corrected chi connectivity index (χ4v) is 1.34. The Morgan fingerprint density at radius 1 is 1.43 bits per heavy atom. The molecule has 3 N–H and O–H groups in total. The summed E-state index contributed by atoms with van der Waals surface area (Å²) in [5.74, 6) is 0.0962. The fourth-order valence-electron chi connectivity index (χ4n) is 0.930. The van der Waals surface area contributed by atoms with Gasteiger partial charge in [0.05, 0.1) is 0 Å². The molecule has 0 atom stereocenters. The summed E-state index contributed by atoms with van der Waals surface area (Å²) in [7, 11) is 0. The van der Waals surface area contributed by atoms with Crippen molar-refractivity contribution in [2.24, 2.45) is 10.9 Å². The van der Waals surface area contributed by atoms with Crippen molar-refractivity contribution in [2.75, 3.05) is 6.26 Å². The topological polar surface area (TPSA) is 58.6 Å². The normalized spacial score (nSPS) is 12.2. The number of benzene rings is 1. The molecule has 74 valence electrons. The summed E-state index contributed by atoms with van der Waals surface area (Å²) in [4.78, 5) is 1.21. The highest BCUT2D eigenvalue weighted by molar-refractivity contribution is 7.98. The van der Waals surface area contributed by atoms with E-state index >= 15 is 0 Å². The number of rotatable bonds is 3. The fraction of sp³-hybridized carbons (Fsp3) is 0.100. The second-order valence-electron chi connectivity index (χ2n) is 2.63. The third kappa shape index (κ3) is 3.14. The van der Waals surface area contributed by atoms with Crippen molar-refractivity contribution in [2.45, 2.75) is 4.90 Å². The lowest BCUT2D eigenvalue weighted by Gasteiger charge is -1.96.